The molecule has 27 heavy (non-hydrogen) atoms. The molecule has 0 spiro atoms. The topological polar surface area (TPSA) is 359 Å². The molecule has 0 aromatic heterocycles. The van der Waals surface area contributed by atoms with Crippen LogP contribution in [0.15, 0.2) is 0 Å². The fraction of sp³-hybridized carbons (Fsp3) is 0.846. The molecule has 1 saturated carbocycles. The molecule has 0 aromatic carbocycles. The summed E-state index contributed by atoms with van der Waals surface area (Å²) in [5, 5.41) is 11.7. The maximum atomic E-state index is 11.6. The van der Waals surface area contributed by atoms with E-state index in [1.54, 1.807) is 20.8 Å². The summed E-state index contributed by atoms with van der Waals surface area (Å²) in [5.41, 5.74) is -0.611. The van der Waals surface area contributed by atoms with E-state index in [0.29, 0.717) is 0 Å². The monoisotopic (exact) mass is 419 g/mol. The highest BCUT2D eigenvalue weighted by molar-refractivity contribution is 5.80. The Morgan fingerprint density at radius 3 is 1.52 bits per heavy atom. The lowest BCUT2D eigenvalue weighted by atomic mass is 9.84. The Kier molecular flexibility index (Phi) is 50.8. The molecule has 20 N–H and O–H groups in total. The summed E-state index contributed by atoms with van der Waals surface area (Å²) in [6.07, 6.45) is 4.27. The van der Waals surface area contributed by atoms with Crippen LogP contribution in [0.5, 0.6) is 0 Å². The molecule has 0 heterocycles. The Morgan fingerprint density at radius 1 is 0.852 bits per heavy atom. The number of aliphatic carboxylic acids is 1. The molecule has 0 bridgehead atoms. The summed E-state index contributed by atoms with van der Waals surface area (Å²) in [7, 11) is 0. The van der Waals surface area contributed by atoms with Crippen LogP contribution in [0.3, 0.4) is 0 Å². The van der Waals surface area contributed by atoms with Crippen molar-refractivity contribution in [1.82, 2.24) is 5.32 Å². The predicted molar refractivity (Wildman–Crippen MR) is 99.9 cm³/mol. The van der Waals surface area contributed by atoms with E-state index in [2.05, 4.69) is 5.32 Å². The first-order valence-electron chi connectivity index (χ1n) is 6.52. The molecule has 0 aliphatic heterocycles. The predicted octanol–water partition coefficient (Wildman–Crippen LogP) is -4.88. The molecule has 14 heteroatoms. The van der Waals surface area contributed by atoms with Gasteiger partial charge < -0.3 is 64.4 Å². The highest BCUT2D eigenvalue weighted by Crippen LogP contribution is 2.26. The van der Waals surface area contributed by atoms with Crippen molar-refractivity contribution >= 4 is 12.1 Å². The highest BCUT2D eigenvalue weighted by Gasteiger charge is 2.32. The smallest absolute Gasteiger partial charge is 0.408 e. The Balaban J connectivity index is -0.0000000514. The molecule has 1 aliphatic rings. The number of carboxylic acids is 1. The number of carbonyl (C=O) groups is 2. The minimum absolute atomic E-state index is 0. The van der Waals surface area contributed by atoms with Gasteiger partial charge in [-0.1, -0.05) is 19.3 Å². The van der Waals surface area contributed by atoms with Gasteiger partial charge in [-0.25, -0.2) is 9.59 Å². The van der Waals surface area contributed by atoms with Gasteiger partial charge in [0.05, 0.1) is 0 Å². The minimum atomic E-state index is -0.979. The third-order valence-corrected chi connectivity index (χ3v) is 3.06. The Hall–Kier alpha value is -1.62. The molecule has 176 valence electrons. The zero-order chi connectivity index (χ0) is 13.8. The van der Waals surface area contributed by atoms with Gasteiger partial charge in [0.25, 0.3) is 0 Å². The maximum absolute atomic E-state index is 11.6. The molecule has 0 radical (unpaired) electrons. The summed E-state index contributed by atoms with van der Waals surface area (Å²) in [6, 6.07) is -0.833. The summed E-state index contributed by atoms with van der Waals surface area (Å²) in [6.45, 7) is 5.26. The standard InChI is InChI=1S/C13H23NO4.9H2O/c1-13(2,3)18-12(17)14-10(11(15)16)9-7-5-4-6-8-9;;;;;;;;;/h9-10H,4-8H2,1-3H3,(H,14,17)(H,15,16);9*1H2/t10-;;;;;;;;;/m1........./s1. The van der Waals surface area contributed by atoms with E-state index >= 15 is 0 Å². The van der Waals surface area contributed by atoms with Crippen molar-refractivity contribution in [3.63, 3.8) is 0 Å². The quantitative estimate of drug-likeness (QED) is 0.453. The number of carboxylic acid groups (broad SMARTS) is 1. The number of ether oxygens (including phenoxy) is 1. The average molecular weight is 419 g/mol. The largest absolute Gasteiger partial charge is 0.480 e. The second-order valence-corrected chi connectivity index (χ2v) is 5.86. The molecule has 1 amide bonds. The SMILES string of the molecule is CC(C)(C)OC(=O)N[C@@H](C(=O)O)C1CCCCC1.O.O.O.O.O.O.O.O.O. The second-order valence-electron chi connectivity index (χ2n) is 5.86. The Bertz CT molecular complexity index is 316. The van der Waals surface area contributed by atoms with Gasteiger partial charge >= 0.3 is 12.1 Å². The number of alkyl carbamates (subject to hydrolysis) is 1. The molecular formula is C13H41NO13. The van der Waals surface area contributed by atoms with Crippen molar-refractivity contribution in [2.24, 2.45) is 5.92 Å². The van der Waals surface area contributed by atoms with Crippen LogP contribution >= 0.6 is 0 Å². The van der Waals surface area contributed by atoms with Gasteiger partial charge in [-0.15, -0.1) is 0 Å². The second kappa shape index (κ2) is 24.4. The lowest BCUT2D eigenvalue weighted by Crippen LogP contribution is -2.48. The van der Waals surface area contributed by atoms with E-state index in [4.69, 9.17) is 4.74 Å². The molecule has 1 fully saturated rings. The molecule has 0 unspecified atom stereocenters. The lowest BCUT2D eigenvalue weighted by Gasteiger charge is -2.29. The van der Waals surface area contributed by atoms with E-state index in [1.165, 1.54) is 0 Å². The summed E-state index contributed by atoms with van der Waals surface area (Å²) in [5.74, 6) is -0.962. The minimum Gasteiger partial charge on any atom is -0.480 e. The Morgan fingerprint density at radius 2 is 1.22 bits per heavy atom. The number of carbonyl (C=O) groups excluding carboxylic acids is 1. The van der Waals surface area contributed by atoms with E-state index in [9.17, 15) is 14.7 Å². The van der Waals surface area contributed by atoms with E-state index in [0.717, 1.165) is 32.1 Å². The van der Waals surface area contributed by atoms with Crippen LogP contribution in [0.4, 0.5) is 4.79 Å². The maximum Gasteiger partial charge on any atom is 0.408 e. The van der Waals surface area contributed by atoms with Crippen LogP contribution in [-0.2, 0) is 9.53 Å². The van der Waals surface area contributed by atoms with Crippen LogP contribution in [0.25, 0.3) is 0 Å². The van der Waals surface area contributed by atoms with Crippen LogP contribution in [0.1, 0.15) is 52.9 Å². The fourth-order valence-electron chi connectivity index (χ4n) is 2.28. The molecule has 0 aromatic rings. The number of amides is 1. The lowest BCUT2D eigenvalue weighted by molar-refractivity contribution is -0.141. The van der Waals surface area contributed by atoms with E-state index in [1.807, 2.05) is 0 Å². The third-order valence-electron chi connectivity index (χ3n) is 3.06. The Labute approximate surface area is 157 Å². The van der Waals surface area contributed by atoms with Crippen LogP contribution in [0.2, 0.25) is 0 Å². The van der Waals surface area contributed by atoms with Gasteiger partial charge in [0.2, 0.25) is 0 Å². The van der Waals surface area contributed by atoms with Crippen molar-refractivity contribution in [3.8, 4) is 0 Å². The fourth-order valence-corrected chi connectivity index (χ4v) is 2.28. The zero-order valence-electron chi connectivity index (χ0n) is 15.9. The average Bonchev–Trinajstić information content (AvgIpc) is 2.24. The molecule has 0 saturated heterocycles. The van der Waals surface area contributed by atoms with Gasteiger partial charge in [0, 0.05) is 0 Å². The molecule has 1 aliphatic carbocycles. The van der Waals surface area contributed by atoms with E-state index in [-0.39, 0.29) is 55.2 Å². The normalized spacial score (nSPS) is 12.7. The number of hydrogen-bond acceptors (Lipinski definition) is 3. The van der Waals surface area contributed by atoms with Gasteiger partial charge in [-0.3, -0.25) is 0 Å². The summed E-state index contributed by atoms with van der Waals surface area (Å²) in [4.78, 5) is 22.8. The summed E-state index contributed by atoms with van der Waals surface area (Å²) < 4.78 is 5.10. The summed E-state index contributed by atoms with van der Waals surface area (Å²) >= 11 is 0. The zero-order valence-corrected chi connectivity index (χ0v) is 15.9. The van der Waals surface area contributed by atoms with Crippen LogP contribution < -0.4 is 5.32 Å². The highest BCUT2D eigenvalue weighted by atomic mass is 16.6. The number of rotatable bonds is 3. The molecule has 14 nitrogen and oxygen atoms in total. The number of nitrogens with one attached hydrogen (secondary N) is 1. The first-order valence-corrected chi connectivity index (χ1v) is 6.52. The molecular weight excluding hydrogens is 378 g/mol. The first kappa shape index (κ1) is 56.2. The van der Waals surface area contributed by atoms with Crippen molar-refractivity contribution in [3.05, 3.63) is 0 Å². The first-order chi connectivity index (χ1) is 8.29. The van der Waals surface area contributed by atoms with Crippen molar-refractivity contribution in [1.29, 1.82) is 0 Å². The van der Waals surface area contributed by atoms with Crippen LogP contribution in [0, 0.1) is 5.92 Å². The van der Waals surface area contributed by atoms with Gasteiger partial charge in [-0.2, -0.15) is 0 Å². The molecule has 1 rings (SSSR count). The van der Waals surface area contributed by atoms with Gasteiger partial charge in [0.1, 0.15) is 11.6 Å². The van der Waals surface area contributed by atoms with Gasteiger partial charge in [0.15, 0.2) is 0 Å². The van der Waals surface area contributed by atoms with Gasteiger partial charge in [-0.05, 0) is 39.5 Å². The van der Waals surface area contributed by atoms with Crippen molar-refractivity contribution in [2.45, 2.75) is 64.5 Å². The number of hydrogen-bond donors (Lipinski definition) is 2. The molecule has 1 atom stereocenters. The third kappa shape index (κ3) is 22.3. The van der Waals surface area contributed by atoms with Crippen LogP contribution in [-0.4, -0.2) is 78.1 Å². The van der Waals surface area contributed by atoms with Crippen molar-refractivity contribution in [2.75, 3.05) is 0 Å². The van der Waals surface area contributed by atoms with E-state index < -0.39 is 23.7 Å². The van der Waals surface area contributed by atoms with Crippen molar-refractivity contribution < 1.29 is 68.7 Å².